The van der Waals surface area contributed by atoms with Crippen LogP contribution in [0.25, 0.3) is 0 Å². The first-order valence-corrected chi connectivity index (χ1v) is 9.29. The predicted molar refractivity (Wildman–Crippen MR) is 77.9 cm³/mol. The largest absolute Gasteiger partial charge is 0.330 e. The van der Waals surface area contributed by atoms with Gasteiger partial charge >= 0.3 is 0 Å². The fourth-order valence-corrected chi connectivity index (χ4v) is 4.12. The van der Waals surface area contributed by atoms with Gasteiger partial charge in [-0.3, -0.25) is 0 Å². The van der Waals surface area contributed by atoms with E-state index in [-0.39, 0.29) is 6.04 Å². The molecule has 1 fully saturated rings. The number of nitrogens with one attached hydrogen (secondary N) is 1. The molecule has 0 bridgehead atoms. The molecule has 1 aliphatic heterocycles. The molecule has 0 aromatic rings. The molecule has 7 heteroatoms. The van der Waals surface area contributed by atoms with Gasteiger partial charge in [0.2, 0.25) is 0 Å². The van der Waals surface area contributed by atoms with E-state index >= 15 is 0 Å². The van der Waals surface area contributed by atoms with Gasteiger partial charge in [-0.1, -0.05) is 0 Å². The van der Waals surface area contributed by atoms with Crippen LogP contribution in [-0.2, 0) is 10.2 Å². The Morgan fingerprint density at radius 2 is 2.06 bits per heavy atom. The van der Waals surface area contributed by atoms with Crippen molar-refractivity contribution in [2.75, 3.05) is 31.6 Å². The Hall–Kier alpha value is 0.180. The van der Waals surface area contributed by atoms with Crippen molar-refractivity contribution in [2.45, 2.75) is 32.2 Å². The van der Waals surface area contributed by atoms with Crippen molar-refractivity contribution >= 4 is 22.0 Å². The van der Waals surface area contributed by atoms with Crippen LogP contribution in [0, 0.1) is 5.92 Å². The van der Waals surface area contributed by atoms with E-state index in [1.54, 1.807) is 16.1 Å². The van der Waals surface area contributed by atoms with Crippen molar-refractivity contribution in [3.05, 3.63) is 0 Å². The summed E-state index contributed by atoms with van der Waals surface area (Å²) in [4.78, 5) is 0. The minimum Gasteiger partial charge on any atom is -0.330 e. The lowest BCUT2D eigenvalue weighted by Gasteiger charge is -2.31. The van der Waals surface area contributed by atoms with E-state index < -0.39 is 10.2 Å². The van der Waals surface area contributed by atoms with Crippen LogP contribution in [0.1, 0.15) is 26.2 Å². The van der Waals surface area contributed by atoms with Crippen LogP contribution >= 0.6 is 11.8 Å². The summed E-state index contributed by atoms with van der Waals surface area (Å²) >= 11 is 1.73. The zero-order valence-corrected chi connectivity index (χ0v) is 12.9. The quantitative estimate of drug-likeness (QED) is 0.722. The van der Waals surface area contributed by atoms with Gasteiger partial charge in [-0.15, -0.1) is 0 Å². The fraction of sp³-hybridized carbons (Fsp3) is 1.00. The monoisotopic (exact) mass is 295 g/mol. The smallest absolute Gasteiger partial charge is 0.279 e. The number of rotatable bonds is 7. The second-order valence-electron chi connectivity index (χ2n) is 4.88. The molecule has 0 aromatic heterocycles. The van der Waals surface area contributed by atoms with E-state index in [9.17, 15) is 8.42 Å². The minimum absolute atomic E-state index is 0.00492. The maximum Gasteiger partial charge on any atom is 0.279 e. The summed E-state index contributed by atoms with van der Waals surface area (Å²) in [5.41, 5.74) is 5.61. The number of hydrogen-bond donors (Lipinski definition) is 2. The number of piperidine rings is 1. The van der Waals surface area contributed by atoms with Crippen LogP contribution in [0.3, 0.4) is 0 Å². The summed E-state index contributed by atoms with van der Waals surface area (Å²) < 4.78 is 28.6. The second kappa shape index (κ2) is 7.69. The third-order valence-electron chi connectivity index (χ3n) is 3.35. The van der Waals surface area contributed by atoms with Crippen molar-refractivity contribution in [2.24, 2.45) is 11.7 Å². The Kier molecular flexibility index (Phi) is 6.94. The zero-order chi connectivity index (χ0) is 13.6. The maximum absolute atomic E-state index is 12.1. The molecule has 1 saturated heterocycles. The van der Waals surface area contributed by atoms with Crippen molar-refractivity contribution in [1.82, 2.24) is 9.03 Å². The second-order valence-corrected chi connectivity index (χ2v) is 7.57. The SMILES string of the molecule is CSCCC(C)NS(=O)(=O)N1CCC(CN)CC1. The van der Waals surface area contributed by atoms with Gasteiger partial charge in [0.1, 0.15) is 0 Å². The fourth-order valence-electron chi connectivity index (χ4n) is 2.07. The highest BCUT2D eigenvalue weighted by atomic mass is 32.2. The van der Waals surface area contributed by atoms with Gasteiger partial charge < -0.3 is 5.73 Å². The molecule has 0 aliphatic carbocycles. The minimum atomic E-state index is -3.31. The standard InChI is InChI=1S/C11H25N3O2S2/c1-10(5-8-17-2)13-18(15,16)14-6-3-11(9-12)4-7-14/h10-11,13H,3-9,12H2,1-2H3. The molecule has 0 spiro atoms. The Bertz CT molecular complexity index is 327. The van der Waals surface area contributed by atoms with Gasteiger partial charge in [0.05, 0.1) is 0 Å². The topological polar surface area (TPSA) is 75.4 Å². The van der Waals surface area contributed by atoms with E-state index in [4.69, 9.17) is 5.73 Å². The van der Waals surface area contributed by atoms with Crippen molar-refractivity contribution < 1.29 is 8.42 Å². The van der Waals surface area contributed by atoms with Gasteiger partial charge in [0.25, 0.3) is 10.2 Å². The van der Waals surface area contributed by atoms with Gasteiger partial charge in [-0.05, 0) is 50.7 Å². The summed E-state index contributed by atoms with van der Waals surface area (Å²) in [7, 11) is -3.31. The number of nitrogens with two attached hydrogens (primary N) is 1. The number of hydrogen-bond acceptors (Lipinski definition) is 4. The molecule has 0 saturated carbocycles. The summed E-state index contributed by atoms with van der Waals surface area (Å²) in [6.07, 6.45) is 4.63. The predicted octanol–water partition coefficient (Wildman–Crippen LogP) is 0.633. The van der Waals surface area contributed by atoms with Gasteiger partial charge in [-0.25, -0.2) is 0 Å². The molecule has 3 N–H and O–H groups in total. The molecule has 5 nitrogen and oxygen atoms in total. The summed E-state index contributed by atoms with van der Waals surface area (Å²) in [5, 5.41) is 0. The van der Waals surface area contributed by atoms with Crippen LogP contribution in [0.15, 0.2) is 0 Å². The average molecular weight is 295 g/mol. The molecule has 1 aliphatic rings. The van der Waals surface area contributed by atoms with Crippen molar-refractivity contribution in [3.8, 4) is 0 Å². The zero-order valence-electron chi connectivity index (χ0n) is 11.3. The molecule has 18 heavy (non-hydrogen) atoms. The molecule has 0 radical (unpaired) electrons. The highest BCUT2D eigenvalue weighted by molar-refractivity contribution is 7.98. The van der Waals surface area contributed by atoms with Gasteiger partial charge in [-0.2, -0.15) is 29.2 Å². The van der Waals surface area contributed by atoms with Crippen LogP contribution in [0.2, 0.25) is 0 Å². The Morgan fingerprint density at radius 1 is 1.44 bits per heavy atom. The first-order valence-electron chi connectivity index (χ1n) is 6.46. The molecule has 0 amide bonds. The van der Waals surface area contributed by atoms with E-state index in [0.29, 0.717) is 25.6 Å². The Morgan fingerprint density at radius 3 is 2.56 bits per heavy atom. The number of thioether (sulfide) groups is 1. The summed E-state index contributed by atoms with van der Waals surface area (Å²) in [6, 6.07) is -0.00492. The van der Waals surface area contributed by atoms with Crippen molar-refractivity contribution in [1.29, 1.82) is 0 Å². The highest BCUT2D eigenvalue weighted by Crippen LogP contribution is 2.18. The third kappa shape index (κ3) is 5.05. The lowest BCUT2D eigenvalue weighted by Crippen LogP contribution is -2.48. The first-order chi connectivity index (χ1) is 8.49. The van der Waals surface area contributed by atoms with E-state index in [0.717, 1.165) is 25.0 Å². The Balaban J connectivity index is 2.44. The molecule has 1 unspecified atom stereocenters. The molecule has 108 valence electrons. The van der Waals surface area contributed by atoms with E-state index in [1.165, 1.54) is 0 Å². The van der Waals surface area contributed by atoms with E-state index in [1.807, 2.05) is 13.2 Å². The molecule has 0 aromatic carbocycles. The van der Waals surface area contributed by atoms with E-state index in [2.05, 4.69) is 4.72 Å². The lowest BCUT2D eigenvalue weighted by atomic mass is 9.99. The molecular weight excluding hydrogens is 270 g/mol. The highest BCUT2D eigenvalue weighted by Gasteiger charge is 2.28. The average Bonchev–Trinajstić information content (AvgIpc) is 2.36. The number of nitrogens with zero attached hydrogens (tertiary/aromatic N) is 1. The normalized spacial score (nSPS) is 21.1. The summed E-state index contributed by atoms with van der Waals surface area (Å²) in [6.45, 7) is 3.75. The van der Waals surface area contributed by atoms with Crippen LogP contribution < -0.4 is 10.5 Å². The molecule has 1 atom stereocenters. The van der Waals surface area contributed by atoms with Gasteiger partial charge in [0.15, 0.2) is 0 Å². The molecule has 1 rings (SSSR count). The molecular formula is C11H25N3O2S2. The summed E-state index contributed by atoms with van der Waals surface area (Å²) in [5.74, 6) is 1.45. The van der Waals surface area contributed by atoms with Crippen molar-refractivity contribution in [3.63, 3.8) is 0 Å². The van der Waals surface area contributed by atoms with Crippen LogP contribution in [0.4, 0.5) is 0 Å². The maximum atomic E-state index is 12.1. The Labute approximate surface area is 115 Å². The van der Waals surface area contributed by atoms with Gasteiger partial charge in [0, 0.05) is 19.1 Å². The lowest BCUT2D eigenvalue weighted by molar-refractivity contribution is 0.274. The first kappa shape index (κ1) is 16.2. The molecule has 1 heterocycles. The van der Waals surface area contributed by atoms with Crippen LogP contribution in [0.5, 0.6) is 0 Å². The van der Waals surface area contributed by atoms with Crippen LogP contribution in [-0.4, -0.2) is 50.4 Å². The third-order valence-corrected chi connectivity index (χ3v) is 5.74.